The minimum atomic E-state index is -0.204. The highest BCUT2D eigenvalue weighted by molar-refractivity contribution is 6.03. The van der Waals surface area contributed by atoms with E-state index in [4.69, 9.17) is 0 Å². The van der Waals surface area contributed by atoms with Crippen LogP contribution in [0.2, 0.25) is 0 Å². The van der Waals surface area contributed by atoms with Gasteiger partial charge in [0.05, 0.1) is 5.69 Å². The highest BCUT2D eigenvalue weighted by Gasteiger charge is 2.22. The number of rotatable bonds is 2. The van der Waals surface area contributed by atoms with Crippen molar-refractivity contribution >= 4 is 11.7 Å². The minimum Gasteiger partial charge on any atom is -0.312 e. The summed E-state index contributed by atoms with van der Waals surface area (Å²) in [7, 11) is 1.80. The van der Waals surface area contributed by atoms with Crippen LogP contribution in [-0.4, -0.2) is 32.4 Å². The van der Waals surface area contributed by atoms with Gasteiger partial charge in [-0.2, -0.15) is 10.2 Å². The number of fused-ring (bicyclic) bond motifs is 1. The molecule has 0 spiro atoms. The van der Waals surface area contributed by atoms with E-state index in [-0.39, 0.29) is 5.91 Å². The number of carbonyl (C=O) groups excluding carboxylic acids is 1. The Morgan fingerprint density at radius 3 is 3.11 bits per heavy atom. The average molecular weight is 260 g/mol. The average Bonchev–Trinajstić information content (AvgIpc) is 2.93. The lowest BCUT2D eigenvalue weighted by molar-refractivity contribution is 0.102. The van der Waals surface area contributed by atoms with Crippen LogP contribution >= 0.6 is 0 Å². The predicted octanol–water partition coefficient (Wildman–Crippen LogP) is 0.350. The SMILES string of the molecule is Cc1cc(NC(=O)c2n[nH]c3c2CNCC3)n(C)n1. The number of carbonyl (C=O) groups is 1. The molecule has 1 amide bonds. The third kappa shape index (κ3) is 2.12. The van der Waals surface area contributed by atoms with E-state index in [0.717, 1.165) is 29.9 Å². The molecular weight excluding hydrogens is 244 g/mol. The molecule has 3 rings (SSSR count). The zero-order valence-corrected chi connectivity index (χ0v) is 10.9. The molecule has 1 aliphatic rings. The van der Waals surface area contributed by atoms with E-state index < -0.39 is 0 Å². The van der Waals surface area contributed by atoms with Crippen LogP contribution in [0.4, 0.5) is 5.82 Å². The van der Waals surface area contributed by atoms with Crippen LogP contribution in [0.5, 0.6) is 0 Å². The summed E-state index contributed by atoms with van der Waals surface area (Å²) in [4.78, 5) is 12.2. The van der Waals surface area contributed by atoms with E-state index >= 15 is 0 Å². The molecule has 0 saturated carbocycles. The van der Waals surface area contributed by atoms with Gasteiger partial charge in [0, 0.05) is 43.9 Å². The van der Waals surface area contributed by atoms with Crippen LogP contribution in [0, 0.1) is 6.92 Å². The molecule has 0 bridgehead atoms. The second-order valence-electron chi connectivity index (χ2n) is 4.70. The largest absolute Gasteiger partial charge is 0.312 e. The summed E-state index contributed by atoms with van der Waals surface area (Å²) in [5.74, 6) is 0.465. The summed E-state index contributed by atoms with van der Waals surface area (Å²) in [5.41, 5.74) is 3.33. The molecule has 0 saturated heterocycles. The number of aromatic amines is 1. The van der Waals surface area contributed by atoms with Gasteiger partial charge in [-0.3, -0.25) is 14.6 Å². The van der Waals surface area contributed by atoms with Crippen LogP contribution in [0.15, 0.2) is 6.07 Å². The van der Waals surface area contributed by atoms with E-state index in [0.29, 0.717) is 18.1 Å². The van der Waals surface area contributed by atoms with Gasteiger partial charge in [0.25, 0.3) is 5.91 Å². The van der Waals surface area contributed by atoms with Gasteiger partial charge in [0.1, 0.15) is 5.82 Å². The van der Waals surface area contributed by atoms with Crippen molar-refractivity contribution in [3.8, 4) is 0 Å². The topological polar surface area (TPSA) is 87.6 Å². The van der Waals surface area contributed by atoms with E-state index in [1.54, 1.807) is 11.7 Å². The Bertz CT molecular complexity index is 626. The van der Waals surface area contributed by atoms with Gasteiger partial charge in [0.2, 0.25) is 0 Å². The van der Waals surface area contributed by atoms with Crippen molar-refractivity contribution in [2.45, 2.75) is 19.9 Å². The number of hydrogen-bond acceptors (Lipinski definition) is 4. The quantitative estimate of drug-likeness (QED) is 0.727. The first-order valence-electron chi connectivity index (χ1n) is 6.24. The lowest BCUT2D eigenvalue weighted by atomic mass is 10.1. The third-order valence-corrected chi connectivity index (χ3v) is 3.26. The highest BCUT2D eigenvalue weighted by Crippen LogP contribution is 2.17. The zero-order valence-electron chi connectivity index (χ0n) is 10.9. The molecule has 0 unspecified atom stereocenters. The molecule has 100 valence electrons. The van der Waals surface area contributed by atoms with Crippen molar-refractivity contribution in [3.05, 3.63) is 28.7 Å². The molecule has 7 heteroatoms. The maximum absolute atomic E-state index is 12.2. The molecule has 0 radical (unpaired) electrons. The number of nitrogens with zero attached hydrogens (tertiary/aromatic N) is 3. The number of hydrogen-bond donors (Lipinski definition) is 3. The molecule has 2 aromatic rings. The number of aromatic nitrogens is 4. The fraction of sp³-hybridized carbons (Fsp3) is 0.417. The Kier molecular flexibility index (Phi) is 2.83. The summed E-state index contributed by atoms with van der Waals surface area (Å²) in [5, 5.41) is 17.3. The molecule has 19 heavy (non-hydrogen) atoms. The Morgan fingerprint density at radius 1 is 1.53 bits per heavy atom. The van der Waals surface area contributed by atoms with Crippen LogP contribution in [0.3, 0.4) is 0 Å². The van der Waals surface area contributed by atoms with Crippen molar-refractivity contribution in [2.75, 3.05) is 11.9 Å². The Hall–Kier alpha value is -2.15. The summed E-state index contributed by atoms with van der Waals surface area (Å²) < 4.78 is 1.64. The Labute approximate surface area is 110 Å². The van der Waals surface area contributed by atoms with Gasteiger partial charge in [-0.1, -0.05) is 0 Å². The van der Waals surface area contributed by atoms with Gasteiger partial charge in [-0.25, -0.2) is 0 Å². The molecule has 0 fully saturated rings. The maximum atomic E-state index is 12.2. The standard InChI is InChI=1S/C12H16N6O/c1-7-5-10(18(2)17-7)14-12(19)11-8-6-13-4-3-9(8)15-16-11/h5,13H,3-4,6H2,1-2H3,(H,14,19)(H,15,16). The molecule has 3 N–H and O–H groups in total. The summed E-state index contributed by atoms with van der Waals surface area (Å²) >= 11 is 0. The highest BCUT2D eigenvalue weighted by atomic mass is 16.2. The van der Waals surface area contributed by atoms with Crippen molar-refractivity contribution < 1.29 is 4.79 Å². The smallest absolute Gasteiger partial charge is 0.277 e. The number of aryl methyl sites for hydroxylation is 2. The third-order valence-electron chi connectivity index (χ3n) is 3.26. The van der Waals surface area contributed by atoms with Crippen molar-refractivity contribution in [2.24, 2.45) is 7.05 Å². The molecule has 2 aromatic heterocycles. The normalized spacial score (nSPS) is 14.2. The van der Waals surface area contributed by atoms with Crippen molar-refractivity contribution in [1.29, 1.82) is 0 Å². The summed E-state index contributed by atoms with van der Waals surface area (Å²) in [6, 6.07) is 1.83. The molecule has 3 heterocycles. The molecule has 0 atom stereocenters. The lowest BCUT2D eigenvalue weighted by Crippen LogP contribution is -2.25. The van der Waals surface area contributed by atoms with Crippen LogP contribution in [0.25, 0.3) is 0 Å². The van der Waals surface area contributed by atoms with E-state index in [9.17, 15) is 4.79 Å². The maximum Gasteiger partial charge on any atom is 0.277 e. The summed E-state index contributed by atoms with van der Waals surface area (Å²) in [6.45, 7) is 3.48. The van der Waals surface area contributed by atoms with Crippen LogP contribution in [-0.2, 0) is 20.0 Å². The Balaban J connectivity index is 1.84. The molecule has 1 aliphatic heterocycles. The summed E-state index contributed by atoms with van der Waals surface area (Å²) in [6.07, 6.45) is 0.875. The number of amides is 1. The monoisotopic (exact) mass is 260 g/mol. The minimum absolute atomic E-state index is 0.204. The lowest BCUT2D eigenvalue weighted by Gasteiger charge is -2.12. The van der Waals surface area contributed by atoms with E-state index in [1.165, 1.54) is 0 Å². The fourth-order valence-corrected chi connectivity index (χ4v) is 2.32. The van der Waals surface area contributed by atoms with Gasteiger partial charge >= 0.3 is 0 Å². The molecular formula is C12H16N6O. The van der Waals surface area contributed by atoms with Crippen LogP contribution in [0.1, 0.15) is 27.4 Å². The van der Waals surface area contributed by atoms with E-state index in [2.05, 4.69) is 25.9 Å². The second kappa shape index (κ2) is 4.51. The Morgan fingerprint density at radius 2 is 2.37 bits per heavy atom. The van der Waals surface area contributed by atoms with Crippen LogP contribution < -0.4 is 10.6 Å². The second-order valence-corrected chi connectivity index (χ2v) is 4.70. The van der Waals surface area contributed by atoms with Gasteiger partial charge in [-0.15, -0.1) is 0 Å². The zero-order chi connectivity index (χ0) is 13.4. The van der Waals surface area contributed by atoms with Gasteiger partial charge < -0.3 is 10.6 Å². The number of anilines is 1. The molecule has 0 aliphatic carbocycles. The number of H-pyrrole nitrogens is 1. The van der Waals surface area contributed by atoms with Gasteiger partial charge in [0.15, 0.2) is 5.69 Å². The van der Waals surface area contributed by atoms with Crippen molar-refractivity contribution in [1.82, 2.24) is 25.3 Å². The first kappa shape index (κ1) is 11.9. The van der Waals surface area contributed by atoms with Gasteiger partial charge in [-0.05, 0) is 6.92 Å². The molecule has 0 aromatic carbocycles. The first-order chi connectivity index (χ1) is 9.15. The van der Waals surface area contributed by atoms with Crippen molar-refractivity contribution in [3.63, 3.8) is 0 Å². The molecule has 7 nitrogen and oxygen atoms in total. The number of nitrogens with one attached hydrogen (secondary N) is 3. The fourth-order valence-electron chi connectivity index (χ4n) is 2.32. The first-order valence-corrected chi connectivity index (χ1v) is 6.24. The van der Waals surface area contributed by atoms with E-state index in [1.807, 2.05) is 13.0 Å². The predicted molar refractivity (Wildman–Crippen MR) is 69.9 cm³/mol.